The van der Waals surface area contributed by atoms with Crippen LogP contribution in [-0.2, 0) is 6.54 Å². The van der Waals surface area contributed by atoms with E-state index in [0.717, 1.165) is 0 Å². The Morgan fingerprint density at radius 2 is 2.29 bits per heavy atom. The lowest BCUT2D eigenvalue weighted by Gasteiger charge is -1.95. The molecule has 6 heteroatoms. The molecule has 2 rings (SSSR count). The Morgan fingerprint density at radius 1 is 1.43 bits per heavy atom. The van der Waals surface area contributed by atoms with Gasteiger partial charge in [0.1, 0.15) is 5.15 Å². The molecule has 0 bridgehead atoms. The summed E-state index contributed by atoms with van der Waals surface area (Å²) < 4.78 is 5.23. The predicted molar refractivity (Wildman–Crippen MR) is 50.4 cm³/mol. The molecule has 2 heterocycles. The van der Waals surface area contributed by atoms with Crippen molar-refractivity contribution in [3.8, 4) is 11.5 Å². The lowest BCUT2D eigenvalue weighted by Crippen LogP contribution is -1.95. The largest absolute Gasteiger partial charge is 0.419 e. The summed E-state index contributed by atoms with van der Waals surface area (Å²) in [5, 5.41) is 7.85. The predicted octanol–water partition coefficient (Wildman–Crippen LogP) is 1.24. The van der Waals surface area contributed by atoms with Gasteiger partial charge in [-0.3, -0.25) is 0 Å². The van der Waals surface area contributed by atoms with E-state index in [1.54, 1.807) is 18.3 Å². The minimum atomic E-state index is 0.213. The molecule has 0 aliphatic heterocycles. The van der Waals surface area contributed by atoms with Crippen molar-refractivity contribution in [2.75, 3.05) is 0 Å². The summed E-state index contributed by atoms with van der Waals surface area (Å²) in [6, 6.07) is 3.50. The van der Waals surface area contributed by atoms with Gasteiger partial charge in [-0.25, -0.2) is 4.98 Å². The smallest absolute Gasteiger partial charge is 0.250 e. The van der Waals surface area contributed by atoms with Crippen molar-refractivity contribution in [3.63, 3.8) is 0 Å². The number of halogens is 1. The van der Waals surface area contributed by atoms with Gasteiger partial charge in [0.05, 0.1) is 12.1 Å². The monoisotopic (exact) mass is 210 g/mol. The van der Waals surface area contributed by atoms with E-state index >= 15 is 0 Å². The maximum atomic E-state index is 5.84. The highest BCUT2D eigenvalue weighted by Crippen LogP contribution is 2.23. The highest BCUT2D eigenvalue weighted by atomic mass is 35.5. The first-order chi connectivity index (χ1) is 6.81. The fourth-order valence-electron chi connectivity index (χ4n) is 0.991. The molecule has 0 unspecified atom stereocenters. The zero-order valence-corrected chi connectivity index (χ0v) is 7.90. The summed E-state index contributed by atoms with van der Waals surface area (Å²) in [5.41, 5.74) is 5.95. The molecule has 5 nitrogen and oxygen atoms in total. The third-order valence-corrected chi connectivity index (χ3v) is 1.93. The van der Waals surface area contributed by atoms with Crippen molar-refractivity contribution in [2.24, 2.45) is 5.73 Å². The average Bonchev–Trinajstić information content (AvgIpc) is 2.67. The Hall–Kier alpha value is -1.46. The van der Waals surface area contributed by atoms with E-state index in [4.69, 9.17) is 21.8 Å². The first-order valence-corrected chi connectivity index (χ1v) is 4.32. The van der Waals surface area contributed by atoms with Crippen molar-refractivity contribution in [2.45, 2.75) is 6.54 Å². The SMILES string of the molecule is NCc1nnc(-c2cccnc2Cl)o1. The van der Waals surface area contributed by atoms with E-state index in [0.29, 0.717) is 22.5 Å². The Morgan fingerprint density at radius 3 is 2.93 bits per heavy atom. The number of nitrogens with zero attached hydrogens (tertiary/aromatic N) is 3. The quantitative estimate of drug-likeness (QED) is 0.755. The van der Waals surface area contributed by atoms with E-state index in [1.807, 2.05) is 0 Å². The molecule has 0 aliphatic rings. The molecule has 0 aromatic carbocycles. The molecule has 0 atom stereocenters. The van der Waals surface area contributed by atoms with Crippen LogP contribution in [0.25, 0.3) is 11.5 Å². The summed E-state index contributed by atoms with van der Waals surface area (Å²) in [7, 11) is 0. The summed E-state index contributed by atoms with van der Waals surface area (Å²) in [5.74, 6) is 0.712. The van der Waals surface area contributed by atoms with Crippen LogP contribution in [0.5, 0.6) is 0 Å². The molecule has 0 fully saturated rings. The fourth-order valence-corrected chi connectivity index (χ4v) is 1.19. The third-order valence-electron chi connectivity index (χ3n) is 1.63. The Balaban J connectivity index is 2.44. The van der Waals surface area contributed by atoms with Gasteiger partial charge in [-0.1, -0.05) is 11.6 Å². The number of aromatic nitrogens is 3. The van der Waals surface area contributed by atoms with Gasteiger partial charge in [-0.05, 0) is 12.1 Å². The summed E-state index contributed by atoms with van der Waals surface area (Å²) in [4.78, 5) is 3.90. The summed E-state index contributed by atoms with van der Waals surface area (Å²) >= 11 is 5.84. The highest BCUT2D eigenvalue weighted by Gasteiger charge is 2.10. The molecule has 14 heavy (non-hydrogen) atoms. The number of hydrogen-bond donors (Lipinski definition) is 1. The molecule has 0 amide bonds. The first kappa shape index (κ1) is 9.11. The van der Waals surface area contributed by atoms with Crippen LogP contribution in [0, 0.1) is 0 Å². The maximum absolute atomic E-state index is 5.84. The van der Waals surface area contributed by atoms with Crippen LogP contribution < -0.4 is 5.73 Å². The lowest BCUT2D eigenvalue weighted by molar-refractivity contribution is 0.508. The standard InChI is InChI=1S/C8H7ClN4O/c9-7-5(2-1-3-11-7)8-13-12-6(4-10)14-8/h1-3H,4,10H2. The minimum Gasteiger partial charge on any atom is -0.419 e. The van der Waals surface area contributed by atoms with Crippen molar-refractivity contribution in [1.82, 2.24) is 15.2 Å². The molecular weight excluding hydrogens is 204 g/mol. The van der Waals surface area contributed by atoms with Crippen LogP contribution in [0.1, 0.15) is 5.89 Å². The molecule has 72 valence electrons. The van der Waals surface area contributed by atoms with Crippen LogP contribution in [-0.4, -0.2) is 15.2 Å². The molecule has 0 saturated heterocycles. The van der Waals surface area contributed by atoms with Crippen LogP contribution in [0.3, 0.4) is 0 Å². The zero-order chi connectivity index (χ0) is 9.97. The van der Waals surface area contributed by atoms with Gasteiger partial charge in [0.25, 0.3) is 5.89 Å². The van der Waals surface area contributed by atoms with Gasteiger partial charge in [0.2, 0.25) is 5.89 Å². The molecular formula is C8H7ClN4O. The number of nitrogens with two attached hydrogens (primary N) is 1. The van der Waals surface area contributed by atoms with Crippen molar-refractivity contribution in [3.05, 3.63) is 29.4 Å². The van der Waals surface area contributed by atoms with Crippen molar-refractivity contribution < 1.29 is 4.42 Å². The summed E-state index contributed by atoms with van der Waals surface area (Å²) in [6.45, 7) is 0.213. The summed E-state index contributed by atoms with van der Waals surface area (Å²) in [6.07, 6.45) is 1.59. The van der Waals surface area contributed by atoms with E-state index in [9.17, 15) is 0 Å². The van der Waals surface area contributed by atoms with Crippen LogP contribution >= 0.6 is 11.6 Å². The second-order valence-corrected chi connectivity index (χ2v) is 2.90. The molecule has 0 spiro atoms. The second-order valence-electron chi connectivity index (χ2n) is 2.55. The Kier molecular flexibility index (Phi) is 2.43. The van der Waals surface area contributed by atoms with Gasteiger partial charge in [-0.2, -0.15) is 0 Å². The van der Waals surface area contributed by atoms with Crippen LogP contribution in [0.15, 0.2) is 22.7 Å². The van der Waals surface area contributed by atoms with Gasteiger partial charge in [0, 0.05) is 6.20 Å². The Bertz CT molecular complexity index is 442. The van der Waals surface area contributed by atoms with Gasteiger partial charge in [0.15, 0.2) is 0 Å². The molecule has 0 radical (unpaired) electrons. The van der Waals surface area contributed by atoms with E-state index in [1.165, 1.54) is 0 Å². The minimum absolute atomic E-state index is 0.213. The number of rotatable bonds is 2. The second kappa shape index (κ2) is 3.73. The van der Waals surface area contributed by atoms with E-state index in [2.05, 4.69) is 15.2 Å². The van der Waals surface area contributed by atoms with E-state index in [-0.39, 0.29) is 6.54 Å². The van der Waals surface area contributed by atoms with E-state index < -0.39 is 0 Å². The maximum Gasteiger partial charge on any atom is 0.250 e. The highest BCUT2D eigenvalue weighted by molar-refractivity contribution is 6.31. The third kappa shape index (κ3) is 1.59. The molecule has 2 N–H and O–H groups in total. The van der Waals surface area contributed by atoms with Gasteiger partial charge >= 0.3 is 0 Å². The Labute approximate surface area is 84.9 Å². The van der Waals surface area contributed by atoms with Gasteiger partial charge < -0.3 is 10.2 Å². The lowest BCUT2D eigenvalue weighted by atomic mass is 10.3. The van der Waals surface area contributed by atoms with Crippen LogP contribution in [0.4, 0.5) is 0 Å². The number of pyridine rings is 1. The molecule has 0 aliphatic carbocycles. The van der Waals surface area contributed by atoms with Gasteiger partial charge in [-0.15, -0.1) is 10.2 Å². The zero-order valence-electron chi connectivity index (χ0n) is 7.14. The average molecular weight is 211 g/mol. The first-order valence-electron chi connectivity index (χ1n) is 3.94. The molecule has 2 aromatic heterocycles. The normalized spacial score (nSPS) is 10.4. The number of hydrogen-bond acceptors (Lipinski definition) is 5. The van der Waals surface area contributed by atoms with Crippen molar-refractivity contribution in [1.29, 1.82) is 0 Å². The molecule has 2 aromatic rings. The topological polar surface area (TPSA) is 77.8 Å². The van der Waals surface area contributed by atoms with Crippen LogP contribution in [0.2, 0.25) is 5.15 Å². The van der Waals surface area contributed by atoms with Crippen molar-refractivity contribution >= 4 is 11.6 Å². The fraction of sp³-hybridized carbons (Fsp3) is 0.125. The molecule has 0 saturated carbocycles.